The first-order valence-corrected chi connectivity index (χ1v) is 4.56. The van der Waals surface area contributed by atoms with Gasteiger partial charge in [-0.25, -0.2) is 4.98 Å². The van der Waals surface area contributed by atoms with Gasteiger partial charge in [-0.2, -0.15) is 5.10 Å². The molecular formula is C6H8N6S. The van der Waals surface area contributed by atoms with E-state index in [-0.39, 0.29) is 6.04 Å². The summed E-state index contributed by atoms with van der Waals surface area (Å²) in [5, 5.41) is 12.2. The molecular weight excluding hydrogens is 188 g/mol. The molecule has 0 aliphatic rings. The Morgan fingerprint density at radius 2 is 2.54 bits per heavy atom. The molecule has 0 spiro atoms. The van der Waals surface area contributed by atoms with Gasteiger partial charge in [0.2, 0.25) is 0 Å². The van der Waals surface area contributed by atoms with Crippen LogP contribution >= 0.6 is 11.5 Å². The maximum Gasteiger partial charge on any atom is 0.141 e. The third-order valence-corrected chi connectivity index (χ3v) is 2.17. The SMILES string of the molecule is NC(Cc1csnn1)c1ncn[nH]1. The minimum Gasteiger partial charge on any atom is -0.321 e. The van der Waals surface area contributed by atoms with Gasteiger partial charge >= 0.3 is 0 Å². The molecule has 68 valence electrons. The highest BCUT2D eigenvalue weighted by Crippen LogP contribution is 2.09. The lowest BCUT2D eigenvalue weighted by Crippen LogP contribution is -2.15. The fourth-order valence-electron chi connectivity index (χ4n) is 0.989. The molecule has 0 saturated carbocycles. The summed E-state index contributed by atoms with van der Waals surface area (Å²) >= 11 is 1.32. The third-order valence-electron chi connectivity index (χ3n) is 1.62. The van der Waals surface area contributed by atoms with Gasteiger partial charge in [0.1, 0.15) is 12.2 Å². The Kier molecular flexibility index (Phi) is 2.28. The lowest BCUT2D eigenvalue weighted by Gasteiger charge is -2.03. The Morgan fingerprint density at radius 1 is 1.62 bits per heavy atom. The molecule has 0 aliphatic carbocycles. The van der Waals surface area contributed by atoms with E-state index in [0.29, 0.717) is 12.2 Å². The first-order chi connectivity index (χ1) is 6.36. The van der Waals surface area contributed by atoms with E-state index in [9.17, 15) is 0 Å². The second-order valence-corrected chi connectivity index (χ2v) is 3.19. The van der Waals surface area contributed by atoms with Crippen LogP contribution in [-0.4, -0.2) is 24.8 Å². The highest BCUT2D eigenvalue weighted by atomic mass is 32.1. The standard InChI is InChI=1S/C6H8N6S/c7-5(6-8-3-9-11-6)1-4-2-13-12-10-4/h2-3,5H,1,7H2,(H,8,9,11). The average Bonchev–Trinajstić information content (AvgIpc) is 2.74. The molecule has 0 aromatic carbocycles. The van der Waals surface area contributed by atoms with Crippen molar-refractivity contribution >= 4 is 11.5 Å². The van der Waals surface area contributed by atoms with Gasteiger partial charge in [-0.1, -0.05) is 4.49 Å². The highest BCUT2D eigenvalue weighted by molar-refractivity contribution is 7.03. The Labute approximate surface area is 78.4 Å². The monoisotopic (exact) mass is 196 g/mol. The number of nitrogens with one attached hydrogen (secondary N) is 1. The van der Waals surface area contributed by atoms with E-state index in [2.05, 4.69) is 24.8 Å². The number of hydrogen-bond donors (Lipinski definition) is 2. The molecule has 2 aromatic heterocycles. The number of aromatic nitrogens is 5. The van der Waals surface area contributed by atoms with E-state index in [4.69, 9.17) is 5.73 Å². The van der Waals surface area contributed by atoms with Crippen LogP contribution in [0.5, 0.6) is 0 Å². The summed E-state index contributed by atoms with van der Waals surface area (Å²) < 4.78 is 3.75. The molecule has 1 atom stereocenters. The van der Waals surface area contributed by atoms with Crippen LogP contribution in [0.25, 0.3) is 0 Å². The number of nitrogens with zero attached hydrogens (tertiary/aromatic N) is 4. The Hall–Kier alpha value is -1.34. The molecule has 1 unspecified atom stereocenters. The Bertz CT molecular complexity index is 341. The molecule has 0 fully saturated rings. The van der Waals surface area contributed by atoms with E-state index in [1.165, 1.54) is 17.9 Å². The second kappa shape index (κ2) is 3.58. The van der Waals surface area contributed by atoms with Crippen molar-refractivity contribution in [1.82, 2.24) is 24.8 Å². The van der Waals surface area contributed by atoms with Crippen molar-refractivity contribution in [2.45, 2.75) is 12.5 Å². The molecule has 2 rings (SSSR count). The molecule has 0 radical (unpaired) electrons. The van der Waals surface area contributed by atoms with Crippen LogP contribution in [0.2, 0.25) is 0 Å². The predicted molar refractivity (Wildman–Crippen MR) is 46.9 cm³/mol. The van der Waals surface area contributed by atoms with Gasteiger partial charge in [-0.05, 0) is 11.5 Å². The molecule has 0 bridgehead atoms. The van der Waals surface area contributed by atoms with Gasteiger partial charge in [0.05, 0.1) is 11.7 Å². The zero-order chi connectivity index (χ0) is 9.10. The van der Waals surface area contributed by atoms with Gasteiger partial charge < -0.3 is 5.73 Å². The van der Waals surface area contributed by atoms with Crippen molar-refractivity contribution < 1.29 is 0 Å². The van der Waals surface area contributed by atoms with Crippen LogP contribution in [0.15, 0.2) is 11.7 Å². The molecule has 13 heavy (non-hydrogen) atoms. The summed E-state index contributed by atoms with van der Waals surface area (Å²) in [7, 11) is 0. The van der Waals surface area contributed by atoms with Crippen LogP contribution in [0.1, 0.15) is 17.6 Å². The van der Waals surface area contributed by atoms with Crippen LogP contribution in [-0.2, 0) is 6.42 Å². The lowest BCUT2D eigenvalue weighted by molar-refractivity contribution is 0.658. The first-order valence-electron chi connectivity index (χ1n) is 3.73. The van der Waals surface area contributed by atoms with Crippen LogP contribution in [0, 0.1) is 0 Å². The van der Waals surface area contributed by atoms with Crippen molar-refractivity contribution in [3.8, 4) is 0 Å². The largest absolute Gasteiger partial charge is 0.321 e. The molecule has 2 heterocycles. The van der Waals surface area contributed by atoms with Crippen molar-refractivity contribution in [1.29, 1.82) is 0 Å². The fraction of sp³-hybridized carbons (Fsp3) is 0.333. The van der Waals surface area contributed by atoms with E-state index < -0.39 is 0 Å². The smallest absolute Gasteiger partial charge is 0.141 e. The summed E-state index contributed by atoms with van der Waals surface area (Å²) in [5.74, 6) is 0.674. The number of rotatable bonds is 3. The van der Waals surface area contributed by atoms with Crippen LogP contribution < -0.4 is 5.73 Å². The molecule has 0 aliphatic heterocycles. The van der Waals surface area contributed by atoms with E-state index in [1.54, 1.807) is 0 Å². The number of aromatic amines is 1. The van der Waals surface area contributed by atoms with Crippen LogP contribution in [0.4, 0.5) is 0 Å². The topological polar surface area (TPSA) is 93.4 Å². The minimum atomic E-state index is -0.189. The molecule has 2 aromatic rings. The molecule has 0 amide bonds. The summed E-state index contributed by atoms with van der Waals surface area (Å²) in [6, 6.07) is -0.189. The van der Waals surface area contributed by atoms with Crippen molar-refractivity contribution in [3.63, 3.8) is 0 Å². The number of nitrogens with two attached hydrogens (primary N) is 1. The summed E-state index contributed by atoms with van der Waals surface area (Å²) in [4.78, 5) is 3.96. The third kappa shape index (κ3) is 1.87. The highest BCUT2D eigenvalue weighted by Gasteiger charge is 2.10. The van der Waals surface area contributed by atoms with Gasteiger partial charge in [0.15, 0.2) is 0 Å². The average molecular weight is 196 g/mol. The first kappa shape index (κ1) is 8.27. The second-order valence-electron chi connectivity index (χ2n) is 2.58. The predicted octanol–water partition coefficient (Wildman–Crippen LogP) is -0.101. The molecule has 6 nitrogen and oxygen atoms in total. The van der Waals surface area contributed by atoms with Gasteiger partial charge in [0.25, 0.3) is 0 Å². The Balaban J connectivity index is 2.04. The molecule has 7 heteroatoms. The fourth-order valence-corrected chi connectivity index (χ4v) is 1.45. The van der Waals surface area contributed by atoms with E-state index in [0.717, 1.165) is 5.69 Å². The normalized spacial score (nSPS) is 13.0. The Morgan fingerprint density at radius 3 is 3.15 bits per heavy atom. The quantitative estimate of drug-likeness (QED) is 0.715. The summed E-state index contributed by atoms with van der Waals surface area (Å²) in [6.07, 6.45) is 2.07. The maximum absolute atomic E-state index is 5.83. The van der Waals surface area contributed by atoms with Gasteiger partial charge in [-0.15, -0.1) is 5.10 Å². The summed E-state index contributed by atoms with van der Waals surface area (Å²) in [6.45, 7) is 0. The lowest BCUT2D eigenvalue weighted by atomic mass is 10.2. The van der Waals surface area contributed by atoms with Gasteiger partial charge in [-0.3, -0.25) is 5.10 Å². The zero-order valence-corrected chi connectivity index (χ0v) is 7.53. The van der Waals surface area contributed by atoms with E-state index >= 15 is 0 Å². The molecule has 3 N–H and O–H groups in total. The number of hydrogen-bond acceptors (Lipinski definition) is 6. The van der Waals surface area contributed by atoms with Crippen molar-refractivity contribution in [2.24, 2.45) is 5.73 Å². The van der Waals surface area contributed by atoms with E-state index in [1.807, 2.05) is 5.38 Å². The molecule has 0 saturated heterocycles. The minimum absolute atomic E-state index is 0.189. The van der Waals surface area contributed by atoms with Gasteiger partial charge in [0, 0.05) is 11.8 Å². The van der Waals surface area contributed by atoms with Crippen molar-refractivity contribution in [3.05, 3.63) is 23.2 Å². The summed E-state index contributed by atoms with van der Waals surface area (Å²) in [5.41, 5.74) is 6.72. The zero-order valence-electron chi connectivity index (χ0n) is 6.71. The maximum atomic E-state index is 5.83. The van der Waals surface area contributed by atoms with Crippen LogP contribution in [0.3, 0.4) is 0 Å². The van der Waals surface area contributed by atoms with Crippen molar-refractivity contribution in [2.75, 3.05) is 0 Å². The number of H-pyrrole nitrogens is 1.